The third kappa shape index (κ3) is 3.08. The second-order valence-electron chi connectivity index (χ2n) is 3.73. The number of benzene rings is 1. The van der Waals surface area contributed by atoms with Crippen LogP contribution in [0, 0.1) is 0 Å². The second kappa shape index (κ2) is 5.49. The molecule has 0 radical (unpaired) electrons. The zero-order valence-electron chi connectivity index (χ0n) is 9.76. The SMILES string of the molecule is NC(=O)c1ccccc1NC(=O)c1ccc(Cl)nc1. The Morgan fingerprint density at radius 2 is 1.89 bits per heavy atom. The summed E-state index contributed by atoms with van der Waals surface area (Å²) < 4.78 is 0. The van der Waals surface area contributed by atoms with Gasteiger partial charge in [0.2, 0.25) is 0 Å². The Morgan fingerprint density at radius 1 is 1.16 bits per heavy atom. The standard InChI is InChI=1S/C13H10ClN3O2/c14-11-6-5-8(7-16-11)13(19)17-10-4-2-1-3-9(10)12(15)18/h1-7H,(H2,15,18)(H,17,19). The van der Waals surface area contributed by atoms with Crippen molar-refractivity contribution >= 4 is 29.1 Å². The maximum absolute atomic E-state index is 12.0. The average Bonchev–Trinajstić information content (AvgIpc) is 2.39. The number of halogens is 1. The molecule has 5 nitrogen and oxygen atoms in total. The molecule has 2 rings (SSSR count). The van der Waals surface area contributed by atoms with Crippen LogP contribution in [0.1, 0.15) is 20.7 Å². The third-order valence-corrected chi connectivity index (χ3v) is 2.65. The van der Waals surface area contributed by atoms with Crippen molar-refractivity contribution in [1.82, 2.24) is 4.98 Å². The lowest BCUT2D eigenvalue weighted by atomic mass is 10.1. The van der Waals surface area contributed by atoms with E-state index in [1.807, 2.05) is 0 Å². The van der Waals surface area contributed by atoms with Gasteiger partial charge in [0.1, 0.15) is 5.15 Å². The van der Waals surface area contributed by atoms with Gasteiger partial charge in [0, 0.05) is 6.20 Å². The molecule has 96 valence electrons. The molecule has 3 N–H and O–H groups in total. The van der Waals surface area contributed by atoms with Crippen LogP contribution in [0.2, 0.25) is 5.15 Å². The fourth-order valence-electron chi connectivity index (χ4n) is 1.51. The number of anilines is 1. The number of nitrogens with zero attached hydrogens (tertiary/aromatic N) is 1. The third-order valence-electron chi connectivity index (χ3n) is 2.43. The van der Waals surface area contributed by atoms with Gasteiger partial charge in [-0.2, -0.15) is 0 Å². The van der Waals surface area contributed by atoms with Crippen LogP contribution in [-0.2, 0) is 0 Å². The fraction of sp³-hybridized carbons (Fsp3) is 0. The normalized spacial score (nSPS) is 9.95. The van der Waals surface area contributed by atoms with Gasteiger partial charge in [-0.1, -0.05) is 23.7 Å². The molecule has 0 fully saturated rings. The van der Waals surface area contributed by atoms with E-state index in [-0.39, 0.29) is 5.56 Å². The number of rotatable bonds is 3. The maximum Gasteiger partial charge on any atom is 0.257 e. The van der Waals surface area contributed by atoms with Crippen LogP contribution in [0.25, 0.3) is 0 Å². The first-order valence-electron chi connectivity index (χ1n) is 5.39. The van der Waals surface area contributed by atoms with Crippen molar-refractivity contribution in [2.75, 3.05) is 5.32 Å². The minimum atomic E-state index is -0.606. The zero-order chi connectivity index (χ0) is 13.8. The highest BCUT2D eigenvalue weighted by atomic mass is 35.5. The van der Waals surface area contributed by atoms with Gasteiger partial charge in [-0.15, -0.1) is 0 Å². The summed E-state index contributed by atoms with van der Waals surface area (Å²) in [4.78, 5) is 27.0. The number of hydrogen-bond donors (Lipinski definition) is 2. The lowest BCUT2D eigenvalue weighted by Gasteiger charge is -2.08. The van der Waals surface area contributed by atoms with Crippen molar-refractivity contribution in [2.24, 2.45) is 5.73 Å². The number of primary amides is 1. The molecule has 2 aromatic rings. The summed E-state index contributed by atoms with van der Waals surface area (Å²) in [6, 6.07) is 9.55. The molecular weight excluding hydrogens is 266 g/mol. The molecule has 0 aliphatic carbocycles. The first-order valence-corrected chi connectivity index (χ1v) is 5.77. The summed E-state index contributed by atoms with van der Waals surface area (Å²) in [5, 5.41) is 2.90. The molecule has 0 atom stereocenters. The van der Waals surface area contributed by atoms with Crippen molar-refractivity contribution in [3.05, 3.63) is 58.9 Å². The summed E-state index contributed by atoms with van der Waals surface area (Å²) >= 11 is 5.64. The molecule has 0 saturated carbocycles. The van der Waals surface area contributed by atoms with Crippen molar-refractivity contribution in [3.8, 4) is 0 Å². The number of para-hydroxylation sites is 1. The first kappa shape index (κ1) is 13.0. The van der Waals surface area contributed by atoms with Gasteiger partial charge in [-0.3, -0.25) is 9.59 Å². The van der Waals surface area contributed by atoms with Gasteiger partial charge in [0.25, 0.3) is 11.8 Å². The second-order valence-corrected chi connectivity index (χ2v) is 4.12. The molecule has 6 heteroatoms. The fourth-order valence-corrected chi connectivity index (χ4v) is 1.62. The monoisotopic (exact) mass is 275 g/mol. The van der Waals surface area contributed by atoms with Gasteiger partial charge in [-0.25, -0.2) is 4.98 Å². The smallest absolute Gasteiger partial charge is 0.257 e. The zero-order valence-corrected chi connectivity index (χ0v) is 10.5. The molecule has 2 amide bonds. The Kier molecular flexibility index (Phi) is 3.77. The molecule has 0 aliphatic heterocycles. The van der Waals surface area contributed by atoms with Crippen LogP contribution in [0.4, 0.5) is 5.69 Å². The Hall–Kier alpha value is -2.40. The van der Waals surface area contributed by atoms with Gasteiger partial charge in [0.05, 0.1) is 16.8 Å². The van der Waals surface area contributed by atoms with Crippen LogP contribution in [0.5, 0.6) is 0 Å². The highest BCUT2D eigenvalue weighted by Crippen LogP contribution is 2.15. The maximum atomic E-state index is 12.0. The van der Waals surface area contributed by atoms with Gasteiger partial charge >= 0.3 is 0 Å². The van der Waals surface area contributed by atoms with Crippen molar-refractivity contribution in [1.29, 1.82) is 0 Å². The summed E-state index contributed by atoms with van der Waals surface area (Å²) in [7, 11) is 0. The molecule has 19 heavy (non-hydrogen) atoms. The van der Waals surface area contributed by atoms with E-state index in [2.05, 4.69) is 10.3 Å². The molecule has 0 aliphatic rings. The van der Waals surface area contributed by atoms with Crippen molar-refractivity contribution in [3.63, 3.8) is 0 Å². The number of pyridine rings is 1. The number of carbonyl (C=O) groups excluding carboxylic acids is 2. The number of carbonyl (C=O) groups is 2. The highest BCUT2D eigenvalue weighted by molar-refractivity contribution is 6.29. The molecule has 0 spiro atoms. The quantitative estimate of drug-likeness (QED) is 0.841. The molecule has 1 aromatic carbocycles. The van der Waals surface area contributed by atoms with Crippen LogP contribution in [-0.4, -0.2) is 16.8 Å². The van der Waals surface area contributed by atoms with E-state index in [9.17, 15) is 9.59 Å². The van der Waals surface area contributed by atoms with E-state index in [0.717, 1.165) is 0 Å². The van der Waals surface area contributed by atoms with Crippen LogP contribution in [0.3, 0.4) is 0 Å². The predicted octanol–water partition coefficient (Wildman–Crippen LogP) is 2.09. The largest absolute Gasteiger partial charge is 0.366 e. The summed E-state index contributed by atoms with van der Waals surface area (Å²) in [5.74, 6) is -0.997. The predicted molar refractivity (Wildman–Crippen MR) is 72.2 cm³/mol. The average molecular weight is 276 g/mol. The summed E-state index contributed by atoms with van der Waals surface area (Å²) in [6.07, 6.45) is 1.35. The topological polar surface area (TPSA) is 85.1 Å². The van der Waals surface area contributed by atoms with E-state index in [4.69, 9.17) is 17.3 Å². The van der Waals surface area contributed by atoms with Gasteiger partial charge in [0.15, 0.2) is 0 Å². The van der Waals surface area contributed by atoms with Crippen molar-refractivity contribution in [2.45, 2.75) is 0 Å². The summed E-state index contributed by atoms with van der Waals surface area (Å²) in [5.41, 5.74) is 6.17. The Labute approximate surface area is 114 Å². The Morgan fingerprint density at radius 3 is 2.53 bits per heavy atom. The number of amides is 2. The van der Waals surface area contributed by atoms with Crippen LogP contribution >= 0.6 is 11.6 Å². The van der Waals surface area contributed by atoms with E-state index in [1.54, 1.807) is 18.2 Å². The molecule has 0 unspecified atom stereocenters. The van der Waals surface area contributed by atoms with E-state index in [0.29, 0.717) is 16.4 Å². The van der Waals surface area contributed by atoms with Gasteiger partial charge < -0.3 is 11.1 Å². The minimum absolute atomic E-state index is 0.248. The Bertz CT molecular complexity index is 626. The lowest BCUT2D eigenvalue weighted by Crippen LogP contribution is -2.18. The number of aromatic nitrogens is 1. The molecular formula is C13H10ClN3O2. The van der Waals surface area contributed by atoms with E-state index >= 15 is 0 Å². The van der Waals surface area contributed by atoms with E-state index < -0.39 is 11.8 Å². The molecule has 1 aromatic heterocycles. The lowest BCUT2D eigenvalue weighted by molar-refractivity contribution is 0.100. The number of nitrogens with two attached hydrogens (primary N) is 1. The highest BCUT2D eigenvalue weighted by Gasteiger charge is 2.11. The molecule has 1 heterocycles. The van der Waals surface area contributed by atoms with Crippen LogP contribution < -0.4 is 11.1 Å². The molecule has 0 saturated heterocycles. The van der Waals surface area contributed by atoms with E-state index in [1.165, 1.54) is 24.4 Å². The number of hydrogen-bond acceptors (Lipinski definition) is 3. The van der Waals surface area contributed by atoms with Gasteiger partial charge in [-0.05, 0) is 24.3 Å². The Balaban J connectivity index is 2.24. The van der Waals surface area contributed by atoms with Crippen molar-refractivity contribution < 1.29 is 9.59 Å². The number of nitrogens with one attached hydrogen (secondary N) is 1. The summed E-state index contributed by atoms with van der Waals surface area (Å²) in [6.45, 7) is 0. The minimum Gasteiger partial charge on any atom is -0.366 e. The molecule has 0 bridgehead atoms. The first-order chi connectivity index (χ1) is 9.08. The van der Waals surface area contributed by atoms with Crippen LogP contribution in [0.15, 0.2) is 42.6 Å².